The molecule has 5 rings (SSSR count). The molecule has 1 aliphatic carbocycles. The maximum absolute atomic E-state index is 13.9. The molecule has 1 saturated carbocycles. The summed E-state index contributed by atoms with van der Waals surface area (Å²) in [6, 6.07) is 12.0. The Morgan fingerprint density at radius 3 is 2.35 bits per heavy atom. The number of nitrogens with one attached hydrogen (secondary N) is 1. The third-order valence-corrected chi connectivity index (χ3v) is 8.59. The molecule has 1 N–H and O–H groups in total. The molecule has 0 radical (unpaired) electrons. The van der Waals surface area contributed by atoms with E-state index in [-0.39, 0.29) is 17.7 Å². The van der Waals surface area contributed by atoms with Gasteiger partial charge in [-0.05, 0) is 78.8 Å². The van der Waals surface area contributed by atoms with E-state index < -0.39 is 0 Å². The number of hydrogen-bond donors (Lipinski definition) is 1. The van der Waals surface area contributed by atoms with E-state index >= 15 is 0 Å². The molecule has 208 valence electrons. The lowest BCUT2D eigenvalue weighted by molar-refractivity contribution is 0.0711. The normalized spacial score (nSPS) is 15.9. The van der Waals surface area contributed by atoms with Crippen LogP contribution in [0, 0.1) is 11.3 Å². The standard InChI is InChI=1S/C32H38N6O2/c1-5-20-16-25(22-8-7-9-22)28(30-34-29(6-2)35-36-30)18-27(20)32(40)38-14-12-21(13-15-38)23-10-11-24(19-33)26(17-23)31(39)37(3)4/h10-11,16-18,21-22H,5-9,12-15H2,1-4H3,(H,34,35,36). The first kappa shape index (κ1) is 27.6. The topological polar surface area (TPSA) is 106 Å². The summed E-state index contributed by atoms with van der Waals surface area (Å²) in [5.74, 6) is 2.15. The second-order valence-corrected chi connectivity index (χ2v) is 11.2. The SMILES string of the molecule is CCc1nc(-c2cc(C(=O)N3CCC(c4ccc(C#N)c(C(=O)N(C)C)c4)CC3)c(CC)cc2C2CCC2)n[nH]1. The third-order valence-electron chi connectivity index (χ3n) is 8.59. The summed E-state index contributed by atoms with van der Waals surface area (Å²) < 4.78 is 0. The number of aromatic amines is 1. The zero-order chi connectivity index (χ0) is 28.4. The molecule has 1 aliphatic heterocycles. The molecule has 0 spiro atoms. The predicted octanol–water partition coefficient (Wildman–Crippen LogP) is 5.46. The first-order valence-electron chi connectivity index (χ1n) is 14.5. The largest absolute Gasteiger partial charge is 0.345 e. The van der Waals surface area contributed by atoms with Crippen LogP contribution in [0.3, 0.4) is 0 Å². The van der Waals surface area contributed by atoms with Gasteiger partial charge in [-0.3, -0.25) is 14.7 Å². The van der Waals surface area contributed by atoms with Gasteiger partial charge in [-0.2, -0.15) is 10.4 Å². The maximum Gasteiger partial charge on any atom is 0.254 e. The molecular weight excluding hydrogens is 500 g/mol. The monoisotopic (exact) mass is 538 g/mol. The number of likely N-dealkylation sites (tertiary alicyclic amines) is 1. The Bertz CT molecular complexity index is 1450. The van der Waals surface area contributed by atoms with Crippen molar-refractivity contribution in [2.45, 2.75) is 70.6 Å². The van der Waals surface area contributed by atoms with E-state index in [0.717, 1.165) is 53.8 Å². The van der Waals surface area contributed by atoms with Crippen LogP contribution in [0.1, 0.15) is 107 Å². The Morgan fingerprint density at radius 2 is 1.77 bits per heavy atom. The fraction of sp³-hybridized carbons (Fsp3) is 0.469. The second-order valence-electron chi connectivity index (χ2n) is 11.2. The van der Waals surface area contributed by atoms with Crippen LogP contribution in [-0.4, -0.2) is 64.0 Å². The lowest BCUT2D eigenvalue weighted by atomic mass is 9.76. The van der Waals surface area contributed by atoms with Gasteiger partial charge in [0.1, 0.15) is 5.82 Å². The Hall–Kier alpha value is -3.99. The van der Waals surface area contributed by atoms with E-state index in [2.05, 4.69) is 36.2 Å². The average Bonchev–Trinajstić information content (AvgIpc) is 3.44. The van der Waals surface area contributed by atoms with Crippen LogP contribution in [0.4, 0.5) is 0 Å². The van der Waals surface area contributed by atoms with E-state index in [1.54, 1.807) is 20.2 Å². The number of piperidine rings is 1. The lowest BCUT2D eigenvalue weighted by Gasteiger charge is -2.33. The van der Waals surface area contributed by atoms with Crippen LogP contribution < -0.4 is 0 Å². The molecule has 0 unspecified atom stereocenters. The number of benzene rings is 2. The van der Waals surface area contributed by atoms with Crippen molar-refractivity contribution < 1.29 is 9.59 Å². The number of hydrogen-bond acceptors (Lipinski definition) is 5. The van der Waals surface area contributed by atoms with Gasteiger partial charge in [0, 0.05) is 44.7 Å². The van der Waals surface area contributed by atoms with Crippen LogP contribution in [0.2, 0.25) is 0 Å². The van der Waals surface area contributed by atoms with Gasteiger partial charge in [-0.25, -0.2) is 4.98 Å². The minimum Gasteiger partial charge on any atom is -0.345 e. The number of nitrogens with zero attached hydrogens (tertiary/aromatic N) is 5. The Labute approximate surface area is 236 Å². The minimum absolute atomic E-state index is 0.0614. The molecule has 0 bridgehead atoms. The van der Waals surface area contributed by atoms with Gasteiger partial charge < -0.3 is 9.80 Å². The maximum atomic E-state index is 13.9. The fourth-order valence-electron chi connectivity index (χ4n) is 5.90. The average molecular weight is 539 g/mol. The molecule has 8 heteroatoms. The van der Waals surface area contributed by atoms with Crippen molar-refractivity contribution in [1.82, 2.24) is 25.0 Å². The van der Waals surface area contributed by atoms with Gasteiger partial charge in [0.25, 0.3) is 11.8 Å². The Balaban J connectivity index is 1.38. The van der Waals surface area contributed by atoms with Gasteiger partial charge in [0.2, 0.25) is 0 Å². The van der Waals surface area contributed by atoms with Gasteiger partial charge in [0.05, 0.1) is 17.2 Å². The molecule has 2 aliphatic rings. The molecule has 0 atom stereocenters. The number of H-pyrrole nitrogens is 1. The molecule has 2 amide bonds. The molecule has 3 aromatic rings. The van der Waals surface area contributed by atoms with Crippen molar-refractivity contribution in [1.29, 1.82) is 5.26 Å². The van der Waals surface area contributed by atoms with Gasteiger partial charge >= 0.3 is 0 Å². The number of rotatable bonds is 7. The van der Waals surface area contributed by atoms with E-state index in [4.69, 9.17) is 4.98 Å². The highest BCUT2D eigenvalue weighted by molar-refractivity contribution is 5.98. The first-order valence-corrected chi connectivity index (χ1v) is 14.5. The van der Waals surface area contributed by atoms with Gasteiger partial charge in [0.15, 0.2) is 5.82 Å². The van der Waals surface area contributed by atoms with Crippen LogP contribution in [0.25, 0.3) is 11.4 Å². The molecule has 2 aromatic carbocycles. The molecule has 2 heterocycles. The fourth-order valence-corrected chi connectivity index (χ4v) is 5.90. The van der Waals surface area contributed by atoms with Crippen molar-refractivity contribution in [3.8, 4) is 17.5 Å². The highest BCUT2D eigenvalue weighted by atomic mass is 16.2. The van der Waals surface area contributed by atoms with E-state index in [1.807, 2.05) is 23.1 Å². The summed E-state index contributed by atoms with van der Waals surface area (Å²) in [6.45, 7) is 5.45. The van der Waals surface area contributed by atoms with Crippen LogP contribution in [0.5, 0.6) is 0 Å². The van der Waals surface area contributed by atoms with Gasteiger partial charge in [-0.15, -0.1) is 0 Å². The van der Waals surface area contributed by atoms with Crippen LogP contribution in [0.15, 0.2) is 30.3 Å². The highest BCUT2D eigenvalue weighted by Crippen LogP contribution is 2.42. The number of nitriles is 1. The smallest absolute Gasteiger partial charge is 0.254 e. The zero-order valence-electron chi connectivity index (χ0n) is 24.0. The van der Waals surface area contributed by atoms with Crippen LogP contribution >= 0.6 is 0 Å². The quantitative estimate of drug-likeness (QED) is 0.430. The highest BCUT2D eigenvalue weighted by Gasteiger charge is 2.30. The number of carbonyl (C=O) groups excluding carboxylic acids is 2. The van der Waals surface area contributed by atoms with Crippen molar-refractivity contribution in [2.75, 3.05) is 27.2 Å². The second kappa shape index (κ2) is 11.6. The molecule has 8 nitrogen and oxygen atoms in total. The Kier molecular flexibility index (Phi) is 8.02. The molecular formula is C32H38N6O2. The van der Waals surface area contributed by atoms with E-state index in [1.165, 1.54) is 29.7 Å². The van der Waals surface area contributed by atoms with Crippen molar-refractivity contribution in [3.63, 3.8) is 0 Å². The number of carbonyl (C=O) groups is 2. The summed E-state index contributed by atoms with van der Waals surface area (Å²) in [7, 11) is 3.39. The molecule has 1 aromatic heterocycles. The van der Waals surface area contributed by atoms with Gasteiger partial charge in [-0.1, -0.05) is 32.4 Å². The predicted molar refractivity (Wildman–Crippen MR) is 154 cm³/mol. The zero-order valence-corrected chi connectivity index (χ0v) is 24.0. The number of aromatic nitrogens is 3. The Morgan fingerprint density at radius 1 is 1.02 bits per heavy atom. The van der Waals surface area contributed by atoms with Crippen molar-refractivity contribution in [3.05, 3.63) is 69.5 Å². The summed E-state index contributed by atoms with van der Waals surface area (Å²) >= 11 is 0. The van der Waals surface area contributed by atoms with E-state index in [0.29, 0.717) is 36.0 Å². The molecule has 40 heavy (non-hydrogen) atoms. The summed E-state index contributed by atoms with van der Waals surface area (Å²) in [4.78, 5) is 34.8. The lowest BCUT2D eigenvalue weighted by Crippen LogP contribution is -2.38. The van der Waals surface area contributed by atoms with Crippen LogP contribution in [-0.2, 0) is 12.8 Å². The summed E-state index contributed by atoms with van der Waals surface area (Å²) in [5, 5.41) is 17.0. The summed E-state index contributed by atoms with van der Waals surface area (Å²) in [6.07, 6.45) is 6.76. The minimum atomic E-state index is -0.170. The number of aryl methyl sites for hydroxylation is 2. The summed E-state index contributed by atoms with van der Waals surface area (Å²) in [5.41, 5.74) is 5.96. The van der Waals surface area contributed by atoms with E-state index in [9.17, 15) is 14.9 Å². The van der Waals surface area contributed by atoms with Crippen molar-refractivity contribution in [2.24, 2.45) is 0 Å². The molecule has 1 saturated heterocycles. The third kappa shape index (κ3) is 5.25. The number of amides is 2. The first-order chi connectivity index (χ1) is 19.3. The molecule has 2 fully saturated rings. The van der Waals surface area contributed by atoms with Crippen molar-refractivity contribution >= 4 is 11.8 Å².